The van der Waals surface area contributed by atoms with Crippen molar-refractivity contribution in [3.63, 3.8) is 0 Å². The lowest BCUT2D eigenvalue weighted by Crippen LogP contribution is -2.31. The zero-order valence-corrected chi connectivity index (χ0v) is 14.4. The van der Waals surface area contributed by atoms with Crippen molar-refractivity contribution in [3.8, 4) is 10.6 Å². The van der Waals surface area contributed by atoms with Crippen LogP contribution in [0.2, 0.25) is 0 Å². The summed E-state index contributed by atoms with van der Waals surface area (Å²) in [6, 6.07) is 6.41. The van der Waals surface area contributed by atoms with E-state index >= 15 is 0 Å². The van der Waals surface area contributed by atoms with Gasteiger partial charge in [0.25, 0.3) is 5.91 Å². The molecule has 0 aliphatic rings. The van der Waals surface area contributed by atoms with Gasteiger partial charge in [-0.2, -0.15) is 0 Å². The minimum Gasteiger partial charge on any atom is -0.349 e. The van der Waals surface area contributed by atoms with Crippen molar-refractivity contribution < 1.29 is 9.18 Å². The summed E-state index contributed by atoms with van der Waals surface area (Å²) in [6.45, 7) is 4.12. The average Bonchev–Trinajstić information content (AvgIpc) is 2.93. The van der Waals surface area contributed by atoms with Crippen LogP contribution in [0.25, 0.3) is 10.6 Å². The standard InChI is InChI=1S/C14H16FN3OS.2ClH/c1-2-16-7-8-17-13(19)12-9-20-14(18-12)10-5-3-4-6-11(10)15;;/h3-6,9,16H,2,7-8H2,1H3,(H,17,19);2*1H. The Morgan fingerprint density at radius 2 is 2.00 bits per heavy atom. The molecule has 0 saturated heterocycles. The quantitative estimate of drug-likeness (QED) is 0.773. The summed E-state index contributed by atoms with van der Waals surface area (Å²) in [7, 11) is 0. The third kappa shape index (κ3) is 5.53. The number of amides is 1. The second-order valence-electron chi connectivity index (χ2n) is 4.13. The van der Waals surface area contributed by atoms with Crippen molar-refractivity contribution in [2.75, 3.05) is 19.6 Å². The number of hydrogen-bond acceptors (Lipinski definition) is 4. The van der Waals surface area contributed by atoms with Gasteiger partial charge < -0.3 is 10.6 Å². The van der Waals surface area contributed by atoms with E-state index in [0.29, 0.717) is 29.4 Å². The van der Waals surface area contributed by atoms with Crippen LogP contribution >= 0.6 is 36.2 Å². The Hall–Kier alpha value is -1.21. The molecule has 1 amide bonds. The van der Waals surface area contributed by atoms with Gasteiger partial charge in [-0.15, -0.1) is 36.2 Å². The minimum absolute atomic E-state index is 0. The Bertz CT molecular complexity index is 595. The van der Waals surface area contributed by atoms with Crippen LogP contribution in [0.3, 0.4) is 0 Å². The number of aromatic nitrogens is 1. The zero-order valence-electron chi connectivity index (χ0n) is 12.0. The van der Waals surface area contributed by atoms with Crippen molar-refractivity contribution >= 4 is 42.1 Å². The van der Waals surface area contributed by atoms with Gasteiger partial charge in [0, 0.05) is 24.0 Å². The molecule has 8 heteroatoms. The van der Waals surface area contributed by atoms with Crippen molar-refractivity contribution in [3.05, 3.63) is 41.2 Å². The number of likely N-dealkylation sites (N-methyl/N-ethyl adjacent to an activating group) is 1. The number of carbonyl (C=O) groups is 1. The molecule has 22 heavy (non-hydrogen) atoms. The number of halogens is 3. The first-order valence-corrected chi connectivity index (χ1v) is 7.29. The maximum Gasteiger partial charge on any atom is 0.270 e. The number of rotatable bonds is 6. The highest BCUT2D eigenvalue weighted by Gasteiger charge is 2.13. The number of benzene rings is 1. The predicted molar refractivity (Wildman–Crippen MR) is 92.9 cm³/mol. The molecule has 0 aliphatic heterocycles. The van der Waals surface area contributed by atoms with Crippen LogP contribution in [-0.2, 0) is 0 Å². The highest BCUT2D eigenvalue weighted by molar-refractivity contribution is 7.13. The molecular weight excluding hydrogens is 348 g/mol. The molecule has 0 atom stereocenters. The number of carbonyl (C=O) groups excluding carboxylic acids is 1. The number of nitrogens with one attached hydrogen (secondary N) is 2. The summed E-state index contributed by atoms with van der Waals surface area (Å²) in [5.41, 5.74) is 0.744. The van der Waals surface area contributed by atoms with Crippen molar-refractivity contribution in [1.29, 1.82) is 0 Å². The molecule has 0 spiro atoms. The van der Waals surface area contributed by atoms with E-state index in [2.05, 4.69) is 15.6 Å². The molecule has 2 N–H and O–H groups in total. The van der Waals surface area contributed by atoms with E-state index in [1.54, 1.807) is 23.6 Å². The van der Waals surface area contributed by atoms with E-state index in [-0.39, 0.29) is 36.5 Å². The van der Waals surface area contributed by atoms with Gasteiger partial charge in [0.15, 0.2) is 0 Å². The number of hydrogen-bond donors (Lipinski definition) is 2. The van der Waals surface area contributed by atoms with Crippen molar-refractivity contribution in [1.82, 2.24) is 15.6 Å². The van der Waals surface area contributed by atoms with Gasteiger partial charge in [-0.1, -0.05) is 19.1 Å². The van der Waals surface area contributed by atoms with E-state index < -0.39 is 0 Å². The highest BCUT2D eigenvalue weighted by atomic mass is 35.5. The SMILES string of the molecule is CCNCCNC(=O)c1csc(-c2ccccc2F)n1.Cl.Cl. The fourth-order valence-electron chi connectivity index (χ4n) is 1.67. The van der Waals surface area contributed by atoms with Gasteiger partial charge in [0.1, 0.15) is 16.5 Å². The molecule has 1 aromatic heterocycles. The first-order valence-electron chi connectivity index (χ1n) is 6.41. The van der Waals surface area contributed by atoms with Crippen LogP contribution in [0.1, 0.15) is 17.4 Å². The smallest absolute Gasteiger partial charge is 0.270 e. The fourth-order valence-corrected chi connectivity index (χ4v) is 2.49. The zero-order chi connectivity index (χ0) is 14.4. The molecule has 0 unspecified atom stereocenters. The summed E-state index contributed by atoms with van der Waals surface area (Å²) in [4.78, 5) is 16.0. The Kier molecular flexibility index (Phi) is 9.93. The van der Waals surface area contributed by atoms with E-state index in [1.165, 1.54) is 17.4 Å². The van der Waals surface area contributed by atoms with Gasteiger partial charge in [-0.25, -0.2) is 9.37 Å². The number of thiazole rings is 1. The van der Waals surface area contributed by atoms with E-state index in [9.17, 15) is 9.18 Å². The van der Waals surface area contributed by atoms with Gasteiger partial charge in [-0.3, -0.25) is 4.79 Å². The van der Waals surface area contributed by atoms with E-state index in [1.807, 2.05) is 6.92 Å². The third-order valence-corrected chi connectivity index (χ3v) is 3.55. The van der Waals surface area contributed by atoms with Crippen LogP contribution in [-0.4, -0.2) is 30.5 Å². The van der Waals surface area contributed by atoms with Gasteiger partial charge in [0.2, 0.25) is 0 Å². The monoisotopic (exact) mass is 365 g/mol. The number of nitrogens with zero attached hydrogens (tertiary/aromatic N) is 1. The summed E-state index contributed by atoms with van der Waals surface area (Å²) in [6.07, 6.45) is 0. The molecule has 1 aromatic carbocycles. The van der Waals surface area contributed by atoms with Crippen LogP contribution in [0.15, 0.2) is 29.6 Å². The van der Waals surface area contributed by atoms with Gasteiger partial charge in [-0.05, 0) is 18.7 Å². The average molecular weight is 366 g/mol. The maximum atomic E-state index is 13.6. The molecular formula is C14H18Cl2FN3OS. The minimum atomic E-state index is -0.332. The molecule has 2 aromatic rings. The summed E-state index contributed by atoms with van der Waals surface area (Å²) < 4.78 is 13.6. The molecule has 0 saturated carbocycles. The Morgan fingerprint density at radius 1 is 1.27 bits per heavy atom. The predicted octanol–water partition coefficient (Wildman–Crippen LogP) is 3.13. The lowest BCUT2D eigenvalue weighted by molar-refractivity contribution is 0.0950. The fraction of sp³-hybridized carbons (Fsp3) is 0.286. The second-order valence-corrected chi connectivity index (χ2v) is 4.99. The Labute approximate surface area is 145 Å². The molecule has 1 heterocycles. The summed E-state index contributed by atoms with van der Waals surface area (Å²) in [5.74, 6) is -0.567. The largest absolute Gasteiger partial charge is 0.349 e. The highest BCUT2D eigenvalue weighted by Crippen LogP contribution is 2.25. The first kappa shape index (κ1) is 20.8. The molecule has 4 nitrogen and oxygen atoms in total. The van der Waals surface area contributed by atoms with Crippen LogP contribution in [0.4, 0.5) is 4.39 Å². The molecule has 122 valence electrons. The Balaban J connectivity index is 0.00000220. The summed E-state index contributed by atoms with van der Waals surface area (Å²) in [5, 5.41) is 8.03. The van der Waals surface area contributed by atoms with Gasteiger partial charge >= 0.3 is 0 Å². The summed E-state index contributed by atoms with van der Waals surface area (Å²) >= 11 is 1.26. The topological polar surface area (TPSA) is 54.0 Å². The van der Waals surface area contributed by atoms with Crippen LogP contribution in [0.5, 0.6) is 0 Å². The maximum absolute atomic E-state index is 13.6. The normalized spacial score (nSPS) is 9.55. The van der Waals surface area contributed by atoms with Crippen molar-refractivity contribution in [2.45, 2.75) is 6.92 Å². The van der Waals surface area contributed by atoms with Crippen LogP contribution < -0.4 is 10.6 Å². The molecule has 0 bridgehead atoms. The van der Waals surface area contributed by atoms with E-state index in [4.69, 9.17) is 0 Å². The van der Waals surface area contributed by atoms with Gasteiger partial charge in [0.05, 0.1) is 0 Å². The third-order valence-electron chi connectivity index (χ3n) is 2.68. The molecule has 0 fully saturated rings. The molecule has 0 radical (unpaired) electrons. The Morgan fingerprint density at radius 3 is 2.68 bits per heavy atom. The molecule has 2 rings (SSSR count). The lowest BCUT2D eigenvalue weighted by Gasteiger charge is -2.03. The van der Waals surface area contributed by atoms with E-state index in [0.717, 1.165) is 6.54 Å². The molecule has 0 aliphatic carbocycles. The first-order chi connectivity index (χ1) is 9.72. The van der Waals surface area contributed by atoms with Crippen molar-refractivity contribution in [2.24, 2.45) is 0 Å². The van der Waals surface area contributed by atoms with Crippen LogP contribution in [0, 0.1) is 5.82 Å². The lowest BCUT2D eigenvalue weighted by atomic mass is 10.2. The second kappa shape index (κ2) is 10.5.